The largest absolute Gasteiger partial charge is 0.295 e. The zero-order valence-electron chi connectivity index (χ0n) is 9.66. The Bertz CT molecular complexity index is 346. The quantitative estimate of drug-likeness (QED) is 0.681. The molecule has 1 aromatic rings. The molecule has 0 radical (unpaired) electrons. The molecule has 0 aliphatic rings. The summed E-state index contributed by atoms with van der Waals surface area (Å²) in [5, 5.41) is 0. The summed E-state index contributed by atoms with van der Waals surface area (Å²) in [7, 11) is 0. The van der Waals surface area contributed by atoms with Gasteiger partial charge >= 0.3 is 0 Å². The van der Waals surface area contributed by atoms with E-state index in [0.717, 1.165) is 6.42 Å². The molecule has 1 unspecified atom stereocenters. The Kier molecular flexibility index (Phi) is 4.29. The topological polar surface area (TPSA) is 17.1 Å². The molecule has 0 heterocycles. The number of carbonyl (C=O) groups excluding carboxylic acids is 1. The van der Waals surface area contributed by atoms with Crippen LogP contribution in [0.2, 0.25) is 0 Å². The van der Waals surface area contributed by atoms with Crippen LogP contribution in [-0.4, -0.2) is 5.78 Å². The van der Waals surface area contributed by atoms with Crippen molar-refractivity contribution in [1.82, 2.24) is 0 Å². The highest BCUT2D eigenvalue weighted by molar-refractivity contribution is 5.87. The normalized spacial score (nSPS) is 13.0. The first-order valence-electron chi connectivity index (χ1n) is 5.33. The lowest BCUT2D eigenvalue weighted by atomic mass is 9.97. The number of benzene rings is 1. The number of carbonyl (C=O) groups is 1. The van der Waals surface area contributed by atoms with E-state index in [2.05, 4.69) is 38.1 Å². The van der Waals surface area contributed by atoms with E-state index in [4.69, 9.17) is 0 Å². The molecule has 0 fully saturated rings. The van der Waals surface area contributed by atoms with Gasteiger partial charge in [-0.3, -0.25) is 4.79 Å². The third kappa shape index (κ3) is 4.11. The Morgan fingerprint density at radius 1 is 1.33 bits per heavy atom. The first-order chi connectivity index (χ1) is 7.09. The van der Waals surface area contributed by atoms with Crippen LogP contribution in [0.5, 0.6) is 0 Å². The smallest absolute Gasteiger partial charge is 0.152 e. The molecule has 1 aromatic carbocycles. The summed E-state index contributed by atoms with van der Waals surface area (Å²) in [6.45, 7) is 5.84. The van der Waals surface area contributed by atoms with Gasteiger partial charge in [-0.1, -0.05) is 42.8 Å². The van der Waals surface area contributed by atoms with Gasteiger partial charge in [0, 0.05) is 0 Å². The van der Waals surface area contributed by atoms with Gasteiger partial charge in [-0.15, -0.1) is 0 Å². The molecule has 0 spiro atoms. The zero-order valence-corrected chi connectivity index (χ0v) is 9.66. The predicted octanol–water partition coefficient (Wildman–Crippen LogP) is 3.63. The fourth-order valence-electron chi connectivity index (χ4n) is 1.47. The van der Waals surface area contributed by atoms with Crippen molar-refractivity contribution < 1.29 is 4.79 Å². The minimum atomic E-state index is 0.117. The fraction of sp³-hybridized carbons (Fsp3) is 0.357. The highest BCUT2D eigenvalue weighted by Crippen LogP contribution is 2.19. The number of ketones is 1. The van der Waals surface area contributed by atoms with Crippen LogP contribution in [0.25, 0.3) is 0 Å². The van der Waals surface area contributed by atoms with Crippen LogP contribution < -0.4 is 0 Å². The van der Waals surface area contributed by atoms with Crippen molar-refractivity contribution in [2.24, 2.45) is 0 Å². The summed E-state index contributed by atoms with van der Waals surface area (Å²) in [6, 6.07) is 8.56. The van der Waals surface area contributed by atoms with E-state index < -0.39 is 0 Å². The standard InChI is InChI=1S/C14H18O/c1-11-7-9-14(10-8-11)12(2)5-4-6-13(3)15/h4,6-10,12H,5H2,1-3H3. The van der Waals surface area contributed by atoms with Crippen LogP contribution in [0.3, 0.4) is 0 Å². The Balaban J connectivity index is 2.57. The lowest BCUT2D eigenvalue weighted by molar-refractivity contribution is -0.112. The lowest BCUT2D eigenvalue weighted by Gasteiger charge is -2.09. The number of hydrogen-bond acceptors (Lipinski definition) is 1. The minimum absolute atomic E-state index is 0.117. The molecule has 0 N–H and O–H groups in total. The van der Waals surface area contributed by atoms with Crippen molar-refractivity contribution in [3.05, 3.63) is 47.5 Å². The Hall–Kier alpha value is -1.37. The summed E-state index contributed by atoms with van der Waals surface area (Å²) in [5.41, 5.74) is 2.61. The third-order valence-corrected chi connectivity index (χ3v) is 2.49. The van der Waals surface area contributed by atoms with E-state index in [1.165, 1.54) is 11.1 Å². The maximum absolute atomic E-state index is 10.7. The summed E-state index contributed by atoms with van der Waals surface area (Å²) in [4.78, 5) is 10.7. The van der Waals surface area contributed by atoms with E-state index in [9.17, 15) is 4.79 Å². The molecule has 1 rings (SSSR count). The molecule has 0 saturated carbocycles. The molecule has 80 valence electrons. The molecular formula is C14H18O. The molecule has 0 aliphatic carbocycles. The number of rotatable bonds is 4. The maximum atomic E-state index is 10.7. The molecule has 1 nitrogen and oxygen atoms in total. The first-order valence-corrected chi connectivity index (χ1v) is 5.33. The Labute approximate surface area is 91.8 Å². The van der Waals surface area contributed by atoms with Gasteiger partial charge in [0.2, 0.25) is 0 Å². The second kappa shape index (κ2) is 5.50. The van der Waals surface area contributed by atoms with Crippen LogP contribution in [0.1, 0.15) is 37.3 Å². The van der Waals surface area contributed by atoms with Gasteiger partial charge < -0.3 is 0 Å². The summed E-state index contributed by atoms with van der Waals surface area (Å²) >= 11 is 0. The number of allylic oxidation sites excluding steroid dienone is 2. The van der Waals surface area contributed by atoms with E-state index in [-0.39, 0.29) is 5.78 Å². The van der Waals surface area contributed by atoms with Crippen molar-refractivity contribution in [2.45, 2.75) is 33.1 Å². The average Bonchev–Trinajstić information content (AvgIpc) is 2.18. The summed E-state index contributed by atoms with van der Waals surface area (Å²) < 4.78 is 0. The van der Waals surface area contributed by atoms with E-state index in [1.54, 1.807) is 13.0 Å². The lowest BCUT2D eigenvalue weighted by Crippen LogP contribution is -1.92. The van der Waals surface area contributed by atoms with Crippen molar-refractivity contribution in [2.75, 3.05) is 0 Å². The monoisotopic (exact) mass is 202 g/mol. The highest BCUT2D eigenvalue weighted by Gasteiger charge is 2.02. The SMILES string of the molecule is CC(=O)C=CCC(C)c1ccc(C)cc1. The molecule has 0 aliphatic heterocycles. The molecule has 1 atom stereocenters. The van der Waals surface area contributed by atoms with Gasteiger partial charge in [-0.25, -0.2) is 0 Å². The van der Waals surface area contributed by atoms with Gasteiger partial charge in [0.15, 0.2) is 5.78 Å². The zero-order chi connectivity index (χ0) is 11.3. The van der Waals surface area contributed by atoms with Gasteiger partial charge in [0.05, 0.1) is 0 Å². The fourth-order valence-corrected chi connectivity index (χ4v) is 1.47. The summed E-state index contributed by atoms with van der Waals surface area (Å²) in [6.07, 6.45) is 4.51. The molecular weight excluding hydrogens is 184 g/mol. The number of hydrogen-bond donors (Lipinski definition) is 0. The van der Waals surface area contributed by atoms with Crippen LogP contribution in [0.4, 0.5) is 0 Å². The van der Waals surface area contributed by atoms with Gasteiger partial charge in [-0.05, 0) is 37.8 Å². The van der Waals surface area contributed by atoms with Crippen molar-refractivity contribution in [3.63, 3.8) is 0 Å². The maximum Gasteiger partial charge on any atom is 0.152 e. The Morgan fingerprint density at radius 3 is 2.47 bits per heavy atom. The molecule has 15 heavy (non-hydrogen) atoms. The molecule has 0 amide bonds. The van der Waals surface area contributed by atoms with Crippen LogP contribution in [0, 0.1) is 6.92 Å². The van der Waals surface area contributed by atoms with Crippen LogP contribution in [-0.2, 0) is 4.79 Å². The first kappa shape index (κ1) is 11.7. The second-order valence-corrected chi connectivity index (χ2v) is 4.06. The minimum Gasteiger partial charge on any atom is -0.295 e. The van der Waals surface area contributed by atoms with E-state index in [0.29, 0.717) is 5.92 Å². The van der Waals surface area contributed by atoms with Gasteiger partial charge in [0.25, 0.3) is 0 Å². The average molecular weight is 202 g/mol. The predicted molar refractivity (Wildman–Crippen MR) is 64.0 cm³/mol. The molecule has 0 bridgehead atoms. The molecule has 1 heteroatoms. The molecule has 0 saturated heterocycles. The van der Waals surface area contributed by atoms with Crippen molar-refractivity contribution in [1.29, 1.82) is 0 Å². The van der Waals surface area contributed by atoms with Gasteiger partial charge in [-0.2, -0.15) is 0 Å². The third-order valence-electron chi connectivity index (χ3n) is 2.49. The van der Waals surface area contributed by atoms with Gasteiger partial charge in [0.1, 0.15) is 0 Å². The highest BCUT2D eigenvalue weighted by atomic mass is 16.1. The Morgan fingerprint density at radius 2 is 1.93 bits per heavy atom. The van der Waals surface area contributed by atoms with E-state index in [1.807, 2.05) is 6.08 Å². The van der Waals surface area contributed by atoms with E-state index >= 15 is 0 Å². The number of aryl methyl sites for hydroxylation is 1. The van der Waals surface area contributed by atoms with Crippen molar-refractivity contribution >= 4 is 5.78 Å². The molecule has 0 aromatic heterocycles. The second-order valence-electron chi connectivity index (χ2n) is 4.06. The van der Waals surface area contributed by atoms with Crippen molar-refractivity contribution in [3.8, 4) is 0 Å². The van der Waals surface area contributed by atoms with Crippen LogP contribution >= 0.6 is 0 Å². The van der Waals surface area contributed by atoms with Crippen LogP contribution in [0.15, 0.2) is 36.4 Å². The summed E-state index contributed by atoms with van der Waals surface area (Å²) in [5.74, 6) is 0.590.